The number of nitrogens with one attached hydrogen (secondary N) is 1. The van der Waals surface area contributed by atoms with Crippen LogP contribution in [0.15, 0.2) is 0 Å². The molecule has 0 spiro atoms. The van der Waals surface area contributed by atoms with Gasteiger partial charge in [0.15, 0.2) is 0 Å². The SMILES string of the molecule is CCCCCCCCCCCCCCCCCCCC(=O)NC(CC)CO. The van der Waals surface area contributed by atoms with Gasteiger partial charge in [-0.05, 0) is 12.8 Å². The number of hydrogen-bond acceptors (Lipinski definition) is 2. The van der Waals surface area contributed by atoms with E-state index in [1.807, 2.05) is 6.92 Å². The molecule has 0 aliphatic carbocycles. The smallest absolute Gasteiger partial charge is 0.220 e. The van der Waals surface area contributed by atoms with Gasteiger partial charge in [0.05, 0.1) is 12.6 Å². The number of hydrogen-bond donors (Lipinski definition) is 2. The molecule has 3 heteroatoms. The zero-order chi connectivity index (χ0) is 20.0. The molecule has 0 aliphatic heterocycles. The highest BCUT2D eigenvalue weighted by molar-refractivity contribution is 5.76. The Hall–Kier alpha value is -0.570. The van der Waals surface area contributed by atoms with Crippen molar-refractivity contribution in [3.63, 3.8) is 0 Å². The number of unbranched alkanes of at least 4 members (excludes halogenated alkanes) is 16. The highest BCUT2D eigenvalue weighted by Gasteiger charge is 2.08. The van der Waals surface area contributed by atoms with Crippen molar-refractivity contribution in [1.29, 1.82) is 0 Å². The Morgan fingerprint density at radius 3 is 1.37 bits per heavy atom. The van der Waals surface area contributed by atoms with E-state index in [1.54, 1.807) is 0 Å². The average Bonchev–Trinajstić information content (AvgIpc) is 2.68. The molecule has 27 heavy (non-hydrogen) atoms. The molecule has 2 N–H and O–H groups in total. The molecule has 3 nitrogen and oxygen atoms in total. The Morgan fingerprint density at radius 2 is 1.04 bits per heavy atom. The highest BCUT2D eigenvalue weighted by atomic mass is 16.3. The molecule has 0 aromatic rings. The molecule has 1 unspecified atom stereocenters. The largest absolute Gasteiger partial charge is 0.394 e. The first-order chi connectivity index (χ1) is 13.2. The lowest BCUT2D eigenvalue weighted by atomic mass is 10.0. The van der Waals surface area contributed by atoms with Crippen molar-refractivity contribution < 1.29 is 9.90 Å². The van der Waals surface area contributed by atoms with Gasteiger partial charge in [-0.1, -0.05) is 117 Å². The molecule has 0 aromatic heterocycles. The summed E-state index contributed by atoms with van der Waals surface area (Å²) in [4.78, 5) is 11.7. The van der Waals surface area contributed by atoms with Crippen LogP contribution < -0.4 is 5.32 Å². The summed E-state index contributed by atoms with van der Waals surface area (Å²) in [6, 6.07) is -0.0664. The van der Waals surface area contributed by atoms with Crippen LogP contribution >= 0.6 is 0 Å². The molecule has 0 heterocycles. The van der Waals surface area contributed by atoms with E-state index in [-0.39, 0.29) is 18.6 Å². The van der Waals surface area contributed by atoms with Crippen LogP contribution in [-0.4, -0.2) is 23.7 Å². The molecular formula is C24H49NO2. The fraction of sp³-hybridized carbons (Fsp3) is 0.958. The van der Waals surface area contributed by atoms with Crippen LogP contribution in [0.4, 0.5) is 0 Å². The van der Waals surface area contributed by atoms with Gasteiger partial charge in [0.2, 0.25) is 5.91 Å². The first-order valence-corrected chi connectivity index (χ1v) is 12.1. The Morgan fingerprint density at radius 1 is 0.667 bits per heavy atom. The zero-order valence-electron chi connectivity index (χ0n) is 18.6. The molecule has 1 atom stereocenters. The first kappa shape index (κ1) is 26.4. The number of aliphatic hydroxyl groups is 1. The second-order valence-electron chi connectivity index (χ2n) is 8.26. The second-order valence-corrected chi connectivity index (χ2v) is 8.26. The predicted molar refractivity (Wildman–Crippen MR) is 118 cm³/mol. The lowest BCUT2D eigenvalue weighted by Crippen LogP contribution is -2.36. The summed E-state index contributed by atoms with van der Waals surface area (Å²) < 4.78 is 0. The molecule has 0 bridgehead atoms. The summed E-state index contributed by atoms with van der Waals surface area (Å²) in [7, 11) is 0. The average molecular weight is 384 g/mol. The van der Waals surface area contributed by atoms with E-state index in [0.717, 1.165) is 19.3 Å². The number of amides is 1. The van der Waals surface area contributed by atoms with Gasteiger partial charge in [-0.3, -0.25) is 4.79 Å². The third-order valence-electron chi connectivity index (χ3n) is 5.59. The van der Waals surface area contributed by atoms with Crippen molar-refractivity contribution in [2.75, 3.05) is 6.61 Å². The molecule has 0 saturated heterocycles. The van der Waals surface area contributed by atoms with Gasteiger partial charge in [0.1, 0.15) is 0 Å². The van der Waals surface area contributed by atoms with Crippen molar-refractivity contribution in [3.8, 4) is 0 Å². The number of aliphatic hydroxyl groups excluding tert-OH is 1. The van der Waals surface area contributed by atoms with Crippen LogP contribution in [0.5, 0.6) is 0 Å². The summed E-state index contributed by atoms with van der Waals surface area (Å²) in [6.45, 7) is 4.31. The van der Waals surface area contributed by atoms with E-state index in [9.17, 15) is 4.79 Å². The van der Waals surface area contributed by atoms with E-state index >= 15 is 0 Å². The number of carbonyl (C=O) groups excluding carboxylic acids is 1. The van der Waals surface area contributed by atoms with E-state index in [4.69, 9.17) is 5.11 Å². The minimum atomic E-state index is -0.0664. The van der Waals surface area contributed by atoms with Crippen LogP contribution in [0.3, 0.4) is 0 Å². The Kier molecular flexibility index (Phi) is 21.3. The normalized spacial score (nSPS) is 12.3. The number of rotatable bonds is 21. The molecule has 1 amide bonds. The molecule has 0 aliphatic rings. The quantitative estimate of drug-likeness (QED) is 0.211. The molecule has 0 radical (unpaired) electrons. The summed E-state index contributed by atoms with van der Waals surface area (Å²) in [5.74, 6) is 0.0943. The lowest BCUT2D eigenvalue weighted by Gasteiger charge is -2.13. The Labute approximate surface area is 170 Å². The standard InChI is InChI=1S/C24H49NO2/c1-3-5-6-7-8-9-10-11-12-13-14-15-16-17-18-19-20-21-24(27)25-23(4-2)22-26/h23,26H,3-22H2,1-2H3,(H,25,27). The minimum Gasteiger partial charge on any atom is -0.394 e. The zero-order valence-corrected chi connectivity index (χ0v) is 18.6. The predicted octanol–water partition coefficient (Wildman–Crippen LogP) is 6.92. The summed E-state index contributed by atoms with van der Waals surface area (Å²) in [6.07, 6.45) is 24.5. The summed E-state index contributed by atoms with van der Waals surface area (Å²) >= 11 is 0. The monoisotopic (exact) mass is 383 g/mol. The molecule has 0 aromatic carbocycles. The van der Waals surface area contributed by atoms with Crippen molar-refractivity contribution in [2.45, 2.75) is 142 Å². The topological polar surface area (TPSA) is 49.3 Å². The van der Waals surface area contributed by atoms with E-state index < -0.39 is 0 Å². The van der Waals surface area contributed by atoms with Gasteiger partial charge >= 0.3 is 0 Å². The second kappa shape index (κ2) is 21.7. The van der Waals surface area contributed by atoms with Crippen LogP contribution in [0.2, 0.25) is 0 Å². The van der Waals surface area contributed by atoms with Gasteiger partial charge in [0.25, 0.3) is 0 Å². The fourth-order valence-electron chi connectivity index (χ4n) is 3.59. The minimum absolute atomic E-state index is 0.0429. The van der Waals surface area contributed by atoms with Crippen molar-refractivity contribution in [1.82, 2.24) is 5.32 Å². The Balaban J connectivity index is 3.16. The molecular weight excluding hydrogens is 334 g/mol. The first-order valence-electron chi connectivity index (χ1n) is 12.1. The van der Waals surface area contributed by atoms with Gasteiger partial charge in [-0.25, -0.2) is 0 Å². The Bertz CT molecular complexity index is 303. The molecule has 162 valence electrons. The van der Waals surface area contributed by atoms with Crippen LogP contribution in [0.1, 0.15) is 136 Å². The maximum Gasteiger partial charge on any atom is 0.220 e. The van der Waals surface area contributed by atoms with Gasteiger partial charge < -0.3 is 10.4 Å². The highest BCUT2D eigenvalue weighted by Crippen LogP contribution is 2.14. The fourth-order valence-corrected chi connectivity index (χ4v) is 3.59. The van der Waals surface area contributed by atoms with Gasteiger partial charge in [-0.15, -0.1) is 0 Å². The van der Waals surface area contributed by atoms with Gasteiger partial charge in [-0.2, -0.15) is 0 Å². The summed E-state index contributed by atoms with van der Waals surface area (Å²) in [5, 5.41) is 12.0. The maximum absolute atomic E-state index is 11.7. The van der Waals surface area contributed by atoms with Crippen molar-refractivity contribution in [3.05, 3.63) is 0 Å². The molecule has 0 rings (SSSR count). The molecule has 0 fully saturated rings. The van der Waals surface area contributed by atoms with E-state index in [2.05, 4.69) is 12.2 Å². The van der Waals surface area contributed by atoms with E-state index in [1.165, 1.54) is 96.3 Å². The lowest BCUT2D eigenvalue weighted by molar-refractivity contribution is -0.122. The van der Waals surface area contributed by atoms with Crippen LogP contribution in [0, 0.1) is 0 Å². The van der Waals surface area contributed by atoms with Gasteiger partial charge in [0, 0.05) is 6.42 Å². The third-order valence-corrected chi connectivity index (χ3v) is 5.59. The van der Waals surface area contributed by atoms with Crippen molar-refractivity contribution in [2.24, 2.45) is 0 Å². The van der Waals surface area contributed by atoms with E-state index in [0.29, 0.717) is 6.42 Å². The third kappa shape index (κ3) is 20.0. The summed E-state index contributed by atoms with van der Waals surface area (Å²) in [5.41, 5.74) is 0. The number of carbonyl (C=O) groups is 1. The molecule has 0 saturated carbocycles. The van der Waals surface area contributed by atoms with Crippen LogP contribution in [0.25, 0.3) is 0 Å². The van der Waals surface area contributed by atoms with Crippen LogP contribution in [-0.2, 0) is 4.79 Å². The maximum atomic E-state index is 11.7. The van der Waals surface area contributed by atoms with Crippen molar-refractivity contribution >= 4 is 5.91 Å².